The number of urea groups is 1. The summed E-state index contributed by atoms with van der Waals surface area (Å²) in [6.07, 6.45) is 5.19. The number of nitrogens with one attached hydrogen (secondary N) is 1. The number of hydrogen-bond donors (Lipinski definition) is 3. The van der Waals surface area contributed by atoms with E-state index >= 15 is 0 Å². The van der Waals surface area contributed by atoms with Crippen LogP contribution in [0.5, 0.6) is 5.75 Å². The lowest BCUT2D eigenvalue weighted by molar-refractivity contribution is 0.0951. The predicted molar refractivity (Wildman–Crippen MR) is 203 cm³/mol. The van der Waals surface area contributed by atoms with Gasteiger partial charge in [-0.3, -0.25) is 9.69 Å². The summed E-state index contributed by atoms with van der Waals surface area (Å²) in [5.74, 6) is -0.0649. The molecule has 0 saturated heterocycles. The van der Waals surface area contributed by atoms with Gasteiger partial charge in [-0.05, 0) is 83.6 Å². The molecule has 0 spiro atoms. The molecule has 254 valence electrons. The lowest BCUT2D eigenvalue weighted by Gasteiger charge is -2.27. The van der Waals surface area contributed by atoms with E-state index < -0.39 is 0 Å². The van der Waals surface area contributed by atoms with E-state index in [0.717, 1.165) is 34.2 Å². The quantitative estimate of drug-likeness (QED) is 0.116. The Labute approximate surface area is 299 Å². The smallest absolute Gasteiger partial charge is 0.345 e. The lowest BCUT2D eigenvalue weighted by Crippen LogP contribution is -2.40. The Bertz CT molecular complexity index is 1950. The predicted octanol–water partition coefficient (Wildman–Crippen LogP) is 8.01. The Morgan fingerprint density at radius 1 is 0.780 bits per heavy atom. The largest absolute Gasteiger partial charge is 0.508 e. The van der Waals surface area contributed by atoms with Crippen molar-refractivity contribution in [1.82, 2.24) is 10.3 Å². The average Bonchev–Trinajstić information content (AvgIpc) is 3.25. The summed E-state index contributed by atoms with van der Waals surface area (Å²) in [5, 5.41) is 19.2. The van der Waals surface area contributed by atoms with Crippen LogP contribution in [-0.4, -0.2) is 40.9 Å². The van der Waals surface area contributed by atoms with Crippen molar-refractivity contribution in [1.29, 1.82) is 0 Å². The number of rotatable bonds is 12. The highest BCUT2D eigenvalue weighted by Gasteiger charge is 2.30. The summed E-state index contributed by atoms with van der Waals surface area (Å²) in [5.41, 5.74) is 13.1. The molecular weight excluding hydrogens is 646 g/mol. The number of phenols is 1. The fourth-order valence-corrected chi connectivity index (χ4v) is 5.67. The van der Waals surface area contributed by atoms with Crippen LogP contribution in [0.3, 0.4) is 0 Å². The summed E-state index contributed by atoms with van der Waals surface area (Å²) in [7, 11) is 0. The number of benzene rings is 5. The van der Waals surface area contributed by atoms with E-state index in [1.807, 2.05) is 78.9 Å². The molecule has 5 aromatic carbocycles. The molecule has 1 aliphatic heterocycles. The van der Waals surface area contributed by atoms with Gasteiger partial charge in [-0.15, -0.1) is 12.4 Å². The van der Waals surface area contributed by atoms with Gasteiger partial charge in [-0.25, -0.2) is 9.80 Å². The van der Waals surface area contributed by atoms with Gasteiger partial charge in [-0.2, -0.15) is 5.10 Å². The van der Waals surface area contributed by atoms with E-state index in [0.29, 0.717) is 48.6 Å². The van der Waals surface area contributed by atoms with Crippen LogP contribution in [0.4, 0.5) is 10.5 Å². The minimum atomic E-state index is -0.291. The number of hydrogen-bond acceptors (Lipinski definition) is 5. The minimum Gasteiger partial charge on any atom is -0.508 e. The summed E-state index contributed by atoms with van der Waals surface area (Å²) in [6, 6.07) is 40.0. The Hall–Kier alpha value is -5.70. The van der Waals surface area contributed by atoms with Crippen LogP contribution in [-0.2, 0) is 13.1 Å². The first-order valence-electron chi connectivity index (χ1n) is 16.4. The highest BCUT2D eigenvalue weighted by atomic mass is 35.5. The van der Waals surface area contributed by atoms with Gasteiger partial charge in [0.25, 0.3) is 5.91 Å². The summed E-state index contributed by atoms with van der Waals surface area (Å²) in [6.45, 7) is 1.55. The highest BCUT2D eigenvalue weighted by Crippen LogP contribution is 2.31. The number of carbonyl (C=O) groups is 2. The molecule has 9 heteroatoms. The standard InChI is InChI=1S/C41H39N5O3.ClH/c42-25-7-8-26-46-41(49)45(29-32-13-18-34(19-14-32)33-11-5-2-6-12-33)39-27-35(40(48)43-28-31-9-3-1-4-10-31)20-23-37(39)38(44-46)24-17-30-15-21-36(47)22-16-30;/h1-6,9-24,27,47H,7-8,25-26,28-29,42H2,(H,43,48);1H/b24-17+;. The van der Waals surface area contributed by atoms with Crippen molar-refractivity contribution < 1.29 is 14.7 Å². The first-order valence-corrected chi connectivity index (χ1v) is 16.4. The Morgan fingerprint density at radius 2 is 1.46 bits per heavy atom. The van der Waals surface area contributed by atoms with Crippen molar-refractivity contribution in [2.24, 2.45) is 10.8 Å². The van der Waals surface area contributed by atoms with Gasteiger partial charge in [0.2, 0.25) is 0 Å². The number of nitrogens with two attached hydrogens (primary N) is 1. The minimum absolute atomic E-state index is 0. The maximum Gasteiger partial charge on any atom is 0.345 e. The third kappa shape index (κ3) is 8.85. The first kappa shape index (κ1) is 35.6. The maximum atomic E-state index is 14.4. The molecule has 0 unspecified atom stereocenters. The topological polar surface area (TPSA) is 111 Å². The molecule has 3 amide bonds. The SMILES string of the molecule is Cl.NCCCCN1N=C(/C=C/c2ccc(O)cc2)c2ccc(C(=O)NCc3ccccc3)cc2N(Cc2ccc(-c3ccccc3)cc2)C1=O. The number of anilines is 1. The molecule has 0 fully saturated rings. The number of fused-ring (bicyclic) bond motifs is 1. The van der Waals surface area contributed by atoms with Crippen LogP contribution in [0, 0.1) is 0 Å². The number of halogens is 1. The van der Waals surface area contributed by atoms with Gasteiger partial charge in [0.1, 0.15) is 5.75 Å². The molecule has 4 N–H and O–H groups in total. The van der Waals surface area contributed by atoms with Crippen LogP contribution in [0.15, 0.2) is 139 Å². The zero-order valence-electron chi connectivity index (χ0n) is 27.6. The lowest BCUT2D eigenvalue weighted by atomic mass is 10.0. The second-order valence-electron chi connectivity index (χ2n) is 11.9. The van der Waals surface area contributed by atoms with E-state index in [2.05, 4.69) is 29.6 Å². The molecule has 5 aromatic rings. The van der Waals surface area contributed by atoms with E-state index in [-0.39, 0.29) is 36.6 Å². The molecule has 50 heavy (non-hydrogen) atoms. The van der Waals surface area contributed by atoms with Crippen LogP contribution in [0.1, 0.15) is 45.5 Å². The molecular formula is C41H40ClN5O3. The molecule has 6 rings (SSSR count). The molecule has 1 heterocycles. The van der Waals surface area contributed by atoms with Gasteiger partial charge in [0.15, 0.2) is 0 Å². The number of amides is 3. The number of carbonyl (C=O) groups excluding carboxylic acids is 2. The molecule has 0 bridgehead atoms. The number of nitrogens with zero attached hydrogens (tertiary/aromatic N) is 3. The normalized spacial score (nSPS) is 12.6. The van der Waals surface area contributed by atoms with Crippen LogP contribution in [0.2, 0.25) is 0 Å². The third-order valence-corrected chi connectivity index (χ3v) is 8.36. The average molecular weight is 686 g/mol. The fraction of sp³-hybridized carbons (Fsp3) is 0.146. The summed E-state index contributed by atoms with van der Waals surface area (Å²) in [4.78, 5) is 29.6. The highest BCUT2D eigenvalue weighted by molar-refractivity contribution is 6.17. The van der Waals surface area contributed by atoms with Crippen LogP contribution >= 0.6 is 12.4 Å². The van der Waals surface area contributed by atoms with Crippen molar-refractivity contribution in [2.75, 3.05) is 18.0 Å². The van der Waals surface area contributed by atoms with E-state index in [9.17, 15) is 14.7 Å². The number of hydrazone groups is 1. The Morgan fingerprint density at radius 3 is 2.16 bits per heavy atom. The second kappa shape index (κ2) is 17.1. The molecule has 0 atom stereocenters. The zero-order chi connectivity index (χ0) is 34.0. The Kier molecular flexibility index (Phi) is 12.2. The van der Waals surface area contributed by atoms with Crippen molar-refractivity contribution in [2.45, 2.75) is 25.9 Å². The molecule has 8 nitrogen and oxygen atoms in total. The fourth-order valence-electron chi connectivity index (χ4n) is 5.67. The molecule has 0 aromatic heterocycles. The van der Waals surface area contributed by atoms with Gasteiger partial charge >= 0.3 is 6.03 Å². The summed E-state index contributed by atoms with van der Waals surface area (Å²) < 4.78 is 0. The molecule has 0 saturated carbocycles. The maximum absolute atomic E-state index is 14.4. The third-order valence-electron chi connectivity index (χ3n) is 8.36. The number of aromatic hydroxyl groups is 1. The van der Waals surface area contributed by atoms with Gasteiger partial charge < -0.3 is 16.2 Å². The Balaban J connectivity index is 0.00000486. The van der Waals surface area contributed by atoms with Crippen molar-refractivity contribution in [3.8, 4) is 16.9 Å². The number of phenolic OH excluding ortho intramolecular Hbond substituents is 1. The molecule has 1 aliphatic rings. The van der Waals surface area contributed by atoms with E-state index in [4.69, 9.17) is 10.8 Å². The van der Waals surface area contributed by atoms with Crippen LogP contribution < -0.4 is 16.0 Å². The van der Waals surface area contributed by atoms with Crippen molar-refractivity contribution in [3.05, 3.63) is 161 Å². The number of allylic oxidation sites excluding steroid dienone is 1. The van der Waals surface area contributed by atoms with Gasteiger partial charge in [0, 0.05) is 24.2 Å². The van der Waals surface area contributed by atoms with Gasteiger partial charge in [0.05, 0.1) is 17.9 Å². The van der Waals surface area contributed by atoms with E-state index in [1.165, 1.54) is 5.01 Å². The first-order chi connectivity index (χ1) is 24.0. The van der Waals surface area contributed by atoms with Crippen LogP contribution in [0.25, 0.3) is 17.2 Å². The number of unbranched alkanes of at least 4 members (excludes halogenated alkanes) is 1. The van der Waals surface area contributed by atoms with Crippen molar-refractivity contribution >= 4 is 41.8 Å². The molecule has 0 aliphatic carbocycles. The second-order valence-corrected chi connectivity index (χ2v) is 11.9. The van der Waals surface area contributed by atoms with E-state index in [1.54, 1.807) is 41.3 Å². The monoisotopic (exact) mass is 685 g/mol. The van der Waals surface area contributed by atoms with Gasteiger partial charge in [-0.1, -0.05) is 103 Å². The molecule has 0 radical (unpaired) electrons. The van der Waals surface area contributed by atoms with Crippen molar-refractivity contribution in [3.63, 3.8) is 0 Å². The zero-order valence-corrected chi connectivity index (χ0v) is 28.4. The summed E-state index contributed by atoms with van der Waals surface area (Å²) >= 11 is 0.